The highest BCUT2D eigenvalue weighted by Crippen LogP contribution is 2.21. The summed E-state index contributed by atoms with van der Waals surface area (Å²) in [5.74, 6) is -0.146. The van der Waals surface area contributed by atoms with Gasteiger partial charge in [-0.05, 0) is 18.6 Å². The molecule has 0 aliphatic carbocycles. The summed E-state index contributed by atoms with van der Waals surface area (Å²) in [5, 5.41) is 28.1. The van der Waals surface area contributed by atoms with Crippen molar-refractivity contribution in [2.24, 2.45) is 0 Å². The second-order valence-corrected chi connectivity index (χ2v) is 2.41. The molecule has 1 unspecified atom stereocenters. The minimum atomic E-state index is -1.85. The van der Waals surface area contributed by atoms with Crippen LogP contribution in [0.2, 0.25) is 0 Å². The fourth-order valence-electron chi connectivity index (χ4n) is 0.863. The van der Waals surface area contributed by atoms with E-state index >= 15 is 0 Å². The third-order valence-electron chi connectivity index (χ3n) is 1.45. The van der Waals surface area contributed by atoms with Gasteiger partial charge < -0.3 is 15.3 Å². The molecule has 1 rings (SSSR count). The van der Waals surface area contributed by atoms with Crippen LogP contribution in [0.1, 0.15) is 17.4 Å². The van der Waals surface area contributed by atoms with Crippen molar-refractivity contribution in [2.75, 3.05) is 0 Å². The molecular weight excluding hydrogens is 144 g/mol. The zero-order chi connectivity index (χ0) is 8.43. The normalized spacial score (nSPS) is 13.0. The van der Waals surface area contributed by atoms with Crippen molar-refractivity contribution in [2.45, 2.75) is 13.2 Å². The first-order valence-corrected chi connectivity index (χ1v) is 3.24. The standard InChI is InChI=1S/C8H9O3/c1-5-2-3-6(8(10)11)7(9)4-5/h2-4,8-10H,1H3/q-1. The van der Waals surface area contributed by atoms with Crippen LogP contribution >= 0.6 is 0 Å². The quantitative estimate of drug-likeness (QED) is 0.560. The number of hydrogen-bond donors (Lipinski definition) is 2. The third kappa shape index (κ3) is 1.69. The summed E-state index contributed by atoms with van der Waals surface area (Å²) >= 11 is 0. The Morgan fingerprint density at radius 1 is 1.45 bits per heavy atom. The molecule has 0 fully saturated rings. The van der Waals surface area contributed by atoms with E-state index in [1.807, 2.05) is 0 Å². The highest BCUT2D eigenvalue weighted by molar-refractivity contribution is 5.36. The molecule has 0 heterocycles. The van der Waals surface area contributed by atoms with Crippen LogP contribution in [0.15, 0.2) is 18.2 Å². The molecule has 0 amide bonds. The molecule has 0 saturated heterocycles. The summed E-state index contributed by atoms with van der Waals surface area (Å²) in [4.78, 5) is 0. The summed E-state index contributed by atoms with van der Waals surface area (Å²) in [6.45, 7) is 1.79. The van der Waals surface area contributed by atoms with Gasteiger partial charge in [0.15, 0.2) is 0 Å². The molecule has 0 spiro atoms. The minimum Gasteiger partial charge on any atom is -0.828 e. The van der Waals surface area contributed by atoms with Gasteiger partial charge in [0, 0.05) is 11.9 Å². The number of rotatable bonds is 1. The maximum Gasteiger partial charge on any atom is 0.120 e. The van der Waals surface area contributed by atoms with Crippen molar-refractivity contribution in [3.05, 3.63) is 29.3 Å². The predicted molar refractivity (Wildman–Crippen MR) is 37.8 cm³/mol. The smallest absolute Gasteiger partial charge is 0.120 e. The highest BCUT2D eigenvalue weighted by Gasteiger charge is 2.00. The second kappa shape index (κ2) is 2.90. The summed E-state index contributed by atoms with van der Waals surface area (Å²) in [7, 11) is 0. The molecule has 0 radical (unpaired) electrons. The lowest BCUT2D eigenvalue weighted by Gasteiger charge is -2.16. The molecule has 1 atom stereocenters. The number of aliphatic hydroxyl groups excluding tert-OH is 1. The van der Waals surface area contributed by atoms with Gasteiger partial charge in [-0.25, -0.2) is 0 Å². The van der Waals surface area contributed by atoms with Gasteiger partial charge in [-0.3, -0.25) is 0 Å². The Balaban J connectivity index is 3.09. The third-order valence-corrected chi connectivity index (χ3v) is 1.45. The van der Waals surface area contributed by atoms with E-state index in [9.17, 15) is 5.11 Å². The summed E-state index contributed by atoms with van der Waals surface area (Å²) in [6.07, 6.45) is -1.85. The number of aryl methyl sites for hydroxylation is 1. The minimum absolute atomic E-state index is 0.0237. The van der Waals surface area contributed by atoms with Gasteiger partial charge in [-0.15, -0.1) is 0 Å². The molecule has 11 heavy (non-hydrogen) atoms. The molecule has 0 aliphatic heterocycles. The maximum atomic E-state index is 10.5. The van der Waals surface area contributed by atoms with E-state index < -0.39 is 6.29 Å². The molecular formula is C8H9O3-. The molecule has 3 heteroatoms. The first-order chi connectivity index (χ1) is 5.11. The Kier molecular flexibility index (Phi) is 2.12. The van der Waals surface area contributed by atoms with E-state index in [0.29, 0.717) is 0 Å². The van der Waals surface area contributed by atoms with Crippen LogP contribution in [0.3, 0.4) is 0 Å². The van der Waals surface area contributed by atoms with Crippen molar-refractivity contribution < 1.29 is 15.3 Å². The zero-order valence-electron chi connectivity index (χ0n) is 6.11. The first-order valence-electron chi connectivity index (χ1n) is 3.24. The monoisotopic (exact) mass is 153 g/mol. The Hall–Kier alpha value is -1.06. The summed E-state index contributed by atoms with van der Waals surface area (Å²) < 4.78 is 0. The van der Waals surface area contributed by atoms with Crippen molar-refractivity contribution in [3.8, 4) is 5.75 Å². The SMILES string of the molecule is Cc1ccc(C([O-])O)c(O)c1. The number of benzene rings is 1. The molecule has 2 N–H and O–H groups in total. The number of aliphatic hydroxyl groups is 1. The Morgan fingerprint density at radius 3 is 2.55 bits per heavy atom. The van der Waals surface area contributed by atoms with E-state index in [1.165, 1.54) is 12.1 Å². The van der Waals surface area contributed by atoms with Gasteiger partial charge >= 0.3 is 0 Å². The maximum absolute atomic E-state index is 10.5. The van der Waals surface area contributed by atoms with E-state index in [0.717, 1.165) is 5.56 Å². The Bertz CT molecular complexity index is 256. The molecule has 1 aromatic rings. The molecule has 0 aliphatic rings. The lowest BCUT2D eigenvalue weighted by atomic mass is 10.1. The molecule has 1 aromatic carbocycles. The van der Waals surface area contributed by atoms with Gasteiger partial charge in [0.1, 0.15) is 5.75 Å². The van der Waals surface area contributed by atoms with Crippen molar-refractivity contribution in [3.63, 3.8) is 0 Å². The molecule has 0 bridgehead atoms. The molecule has 60 valence electrons. The lowest BCUT2D eigenvalue weighted by Crippen LogP contribution is -2.13. The first kappa shape index (κ1) is 8.04. The van der Waals surface area contributed by atoms with Crippen molar-refractivity contribution in [1.82, 2.24) is 0 Å². The van der Waals surface area contributed by atoms with Gasteiger partial charge in [0.05, 0.1) is 0 Å². The molecule has 0 saturated carbocycles. The van der Waals surface area contributed by atoms with Crippen LogP contribution in [0.4, 0.5) is 0 Å². The van der Waals surface area contributed by atoms with Crippen molar-refractivity contribution in [1.29, 1.82) is 0 Å². The number of hydrogen-bond acceptors (Lipinski definition) is 3. The van der Waals surface area contributed by atoms with E-state index in [-0.39, 0.29) is 11.3 Å². The predicted octanol–water partition coefficient (Wildman–Crippen LogP) is 0.0518. The second-order valence-electron chi connectivity index (χ2n) is 2.41. The Labute approximate surface area is 64.5 Å². The van der Waals surface area contributed by atoms with Gasteiger partial charge in [0.25, 0.3) is 0 Å². The number of phenols is 1. The molecule has 3 nitrogen and oxygen atoms in total. The Morgan fingerprint density at radius 2 is 2.09 bits per heavy atom. The summed E-state index contributed by atoms with van der Waals surface area (Å²) in [5.41, 5.74) is 0.877. The van der Waals surface area contributed by atoms with E-state index in [1.54, 1.807) is 13.0 Å². The average Bonchev–Trinajstić information content (AvgIpc) is 1.85. The number of phenolic OH excluding ortho intramolecular Hbond substituents is 1. The molecule has 0 aromatic heterocycles. The largest absolute Gasteiger partial charge is 0.828 e. The van der Waals surface area contributed by atoms with Gasteiger partial charge in [-0.2, -0.15) is 0 Å². The zero-order valence-corrected chi connectivity index (χ0v) is 6.11. The van der Waals surface area contributed by atoms with Crippen LogP contribution in [-0.2, 0) is 0 Å². The fraction of sp³-hybridized carbons (Fsp3) is 0.250. The van der Waals surface area contributed by atoms with Crippen LogP contribution < -0.4 is 5.11 Å². The van der Waals surface area contributed by atoms with Gasteiger partial charge in [-0.1, -0.05) is 12.1 Å². The van der Waals surface area contributed by atoms with Crippen LogP contribution in [0.5, 0.6) is 5.75 Å². The van der Waals surface area contributed by atoms with Crippen molar-refractivity contribution >= 4 is 0 Å². The van der Waals surface area contributed by atoms with E-state index in [4.69, 9.17) is 10.2 Å². The van der Waals surface area contributed by atoms with Crippen LogP contribution in [-0.4, -0.2) is 10.2 Å². The lowest BCUT2D eigenvalue weighted by molar-refractivity contribution is -0.490. The fourth-order valence-corrected chi connectivity index (χ4v) is 0.863. The van der Waals surface area contributed by atoms with Gasteiger partial charge in [0.2, 0.25) is 0 Å². The van der Waals surface area contributed by atoms with Crippen LogP contribution in [0.25, 0.3) is 0 Å². The average molecular weight is 153 g/mol. The topological polar surface area (TPSA) is 63.5 Å². The van der Waals surface area contributed by atoms with E-state index in [2.05, 4.69) is 0 Å². The number of aromatic hydroxyl groups is 1. The van der Waals surface area contributed by atoms with Crippen LogP contribution in [0, 0.1) is 6.92 Å². The summed E-state index contributed by atoms with van der Waals surface area (Å²) in [6, 6.07) is 4.52. The highest BCUT2D eigenvalue weighted by atomic mass is 16.5.